The number of nitrogens with zero attached hydrogens (tertiary/aromatic N) is 1. The molecule has 22 heavy (non-hydrogen) atoms. The largest absolute Gasteiger partial charge is 0.461 e. The first-order valence-electron chi connectivity index (χ1n) is 8.73. The quantitative estimate of drug-likeness (QED) is 0.389. The Labute approximate surface area is 135 Å². The van der Waals surface area contributed by atoms with E-state index in [4.69, 9.17) is 4.74 Å². The van der Waals surface area contributed by atoms with E-state index in [1.165, 1.54) is 38.5 Å². The van der Waals surface area contributed by atoms with E-state index in [-0.39, 0.29) is 5.97 Å². The molecule has 1 heterocycles. The highest BCUT2D eigenvalue weighted by Gasteiger charge is 2.03. The molecule has 0 aromatic carbocycles. The number of aromatic nitrogens is 1. The van der Waals surface area contributed by atoms with Gasteiger partial charge in [0.05, 0.1) is 0 Å². The van der Waals surface area contributed by atoms with Gasteiger partial charge in [-0.2, -0.15) is 0 Å². The van der Waals surface area contributed by atoms with Crippen LogP contribution < -0.4 is 0 Å². The van der Waals surface area contributed by atoms with Gasteiger partial charge < -0.3 is 4.74 Å². The monoisotopic (exact) mass is 305 g/mol. The molecule has 0 unspecified atom stereocenters. The maximum Gasteiger partial charge on any atom is 0.306 e. The van der Waals surface area contributed by atoms with Crippen LogP contribution in [0.25, 0.3) is 0 Å². The van der Waals surface area contributed by atoms with Gasteiger partial charge in [0.25, 0.3) is 0 Å². The minimum absolute atomic E-state index is 0.0965. The van der Waals surface area contributed by atoms with E-state index in [9.17, 15) is 4.79 Å². The molecule has 3 heteroatoms. The summed E-state index contributed by atoms with van der Waals surface area (Å²) in [7, 11) is 0. The molecule has 0 aliphatic carbocycles. The lowest BCUT2D eigenvalue weighted by Gasteiger charge is -2.05. The summed E-state index contributed by atoms with van der Waals surface area (Å²) in [5.74, 6) is 0.735. The zero-order valence-electron chi connectivity index (χ0n) is 14.2. The fraction of sp³-hybridized carbons (Fsp3) is 0.684. The first-order valence-corrected chi connectivity index (χ1v) is 8.73. The van der Waals surface area contributed by atoms with E-state index >= 15 is 0 Å². The maximum absolute atomic E-state index is 11.6. The van der Waals surface area contributed by atoms with Crippen molar-refractivity contribution in [1.29, 1.82) is 0 Å². The molecular formula is C19H31NO2. The van der Waals surface area contributed by atoms with Crippen LogP contribution in [0.4, 0.5) is 0 Å². The normalized spacial score (nSPS) is 10.9. The number of hydrogen-bond donors (Lipinski definition) is 0. The molecule has 0 spiro atoms. The van der Waals surface area contributed by atoms with Crippen LogP contribution in [0.5, 0.6) is 0 Å². The summed E-state index contributed by atoms with van der Waals surface area (Å²) in [6.45, 7) is 4.91. The van der Waals surface area contributed by atoms with Gasteiger partial charge in [0.15, 0.2) is 0 Å². The van der Waals surface area contributed by atoms with Gasteiger partial charge >= 0.3 is 5.97 Å². The highest BCUT2D eigenvalue weighted by atomic mass is 16.5. The molecule has 1 rings (SSSR count). The van der Waals surface area contributed by atoms with Crippen molar-refractivity contribution in [2.24, 2.45) is 5.92 Å². The lowest BCUT2D eigenvalue weighted by atomic mass is 10.0. The highest BCUT2D eigenvalue weighted by Crippen LogP contribution is 2.12. The van der Waals surface area contributed by atoms with Crippen LogP contribution in [-0.4, -0.2) is 11.0 Å². The number of unbranched alkanes of at least 4 members (excludes halogenated alkanes) is 6. The minimum Gasteiger partial charge on any atom is -0.461 e. The minimum atomic E-state index is -0.0965. The van der Waals surface area contributed by atoms with Gasteiger partial charge in [-0.3, -0.25) is 9.78 Å². The zero-order chi connectivity index (χ0) is 16.0. The van der Waals surface area contributed by atoms with Crippen molar-refractivity contribution in [1.82, 2.24) is 4.98 Å². The SMILES string of the molecule is CC(C)CCCCCCCCCC(=O)OCc1cccnc1. The molecule has 0 bridgehead atoms. The summed E-state index contributed by atoms with van der Waals surface area (Å²) < 4.78 is 5.23. The molecule has 0 amide bonds. The van der Waals surface area contributed by atoms with Crippen LogP contribution >= 0.6 is 0 Å². The third-order valence-corrected chi connectivity index (χ3v) is 3.78. The second-order valence-electron chi connectivity index (χ2n) is 6.43. The van der Waals surface area contributed by atoms with Crippen LogP contribution in [0.1, 0.15) is 77.2 Å². The van der Waals surface area contributed by atoms with E-state index in [0.717, 1.165) is 24.3 Å². The Morgan fingerprint density at radius 3 is 2.41 bits per heavy atom. The number of ether oxygens (including phenoxy) is 1. The summed E-state index contributed by atoms with van der Waals surface area (Å²) in [5, 5.41) is 0. The van der Waals surface area contributed by atoms with Gasteiger partial charge in [-0.15, -0.1) is 0 Å². The topological polar surface area (TPSA) is 39.2 Å². The van der Waals surface area contributed by atoms with E-state index in [1.54, 1.807) is 12.4 Å². The van der Waals surface area contributed by atoms with Gasteiger partial charge in [0.2, 0.25) is 0 Å². The Bertz CT molecular complexity index is 390. The molecule has 0 fully saturated rings. The number of rotatable bonds is 12. The lowest BCUT2D eigenvalue weighted by molar-refractivity contribution is -0.145. The molecule has 124 valence electrons. The van der Waals surface area contributed by atoms with Crippen LogP contribution in [0.3, 0.4) is 0 Å². The molecule has 0 aliphatic rings. The molecular weight excluding hydrogens is 274 g/mol. The van der Waals surface area contributed by atoms with Crippen molar-refractivity contribution >= 4 is 5.97 Å². The summed E-state index contributed by atoms with van der Waals surface area (Å²) >= 11 is 0. The fourth-order valence-electron chi connectivity index (χ4n) is 2.43. The zero-order valence-corrected chi connectivity index (χ0v) is 14.2. The lowest BCUT2D eigenvalue weighted by Crippen LogP contribution is -2.04. The summed E-state index contributed by atoms with van der Waals surface area (Å²) in [5.41, 5.74) is 0.942. The van der Waals surface area contributed by atoms with Crippen molar-refractivity contribution < 1.29 is 9.53 Å². The van der Waals surface area contributed by atoms with Gasteiger partial charge in [-0.25, -0.2) is 0 Å². The predicted octanol–water partition coefficient (Wildman–Crippen LogP) is 5.29. The van der Waals surface area contributed by atoms with E-state index in [1.807, 2.05) is 12.1 Å². The first-order chi connectivity index (χ1) is 10.7. The second kappa shape index (κ2) is 12.2. The molecule has 0 aliphatic heterocycles. The molecule has 0 saturated carbocycles. The Morgan fingerprint density at radius 2 is 1.77 bits per heavy atom. The van der Waals surface area contributed by atoms with Crippen molar-refractivity contribution in [3.63, 3.8) is 0 Å². The Morgan fingerprint density at radius 1 is 1.09 bits per heavy atom. The van der Waals surface area contributed by atoms with Crippen LogP contribution in [-0.2, 0) is 16.1 Å². The summed E-state index contributed by atoms with van der Waals surface area (Å²) in [6.07, 6.45) is 14.0. The Balaban J connectivity index is 1.89. The van der Waals surface area contributed by atoms with Crippen molar-refractivity contribution in [2.75, 3.05) is 0 Å². The molecule has 0 radical (unpaired) electrons. The van der Waals surface area contributed by atoms with E-state index < -0.39 is 0 Å². The van der Waals surface area contributed by atoms with Crippen LogP contribution in [0.15, 0.2) is 24.5 Å². The van der Waals surface area contributed by atoms with Crippen LogP contribution in [0, 0.1) is 5.92 Å². The molecule has 3 nitrogen and oxygen atoms in total. The molecule has 1 aromatic rings. The smallest absolute Gasteiger partial charge is 0.306 e. The summed E-state index contributed by atoms with van der Waals surface area (Å²) in [6, 6.07) is 3.77. The molecule has 0 N–H and O–H groups in total. The number of esters is 1. The number of hydrogen-bond acceptors (Lipinski definition) is 3. The first kappa shape index (κ1) is 18.7. The average molecular weight is 305 g/mol. The predicted molar refractivity (Wildman–Crippen MR) is 90.4 cm³/mol. The average Bonchev–Trinajstić information content (AvgIpc) is 2.52. The van der Waals surface area contributed by atoms with Gasteiger partial charge in [0.1, 0.15) is 6.61 Å². The Kier molecular flexibility index (Phi) is 10.3. The molecule has 0 atom stereocenters. The fourth-order valence-corrected chi connectivity index (χ4v) is 2.43. The molecule has 1 aromatic heterocycles. The van der Waals surface area contributed by atoms with Crippen molar-refractivity contribution in [2.45, 2.75) is 78.2 Å². The van der Waals surface area contributed by atoms with E-state index in [2.05, 4.69) is 18.8 Å². The third kappa shape index (κ3) is 10.4. The van der Waals surface area contributed by atoms with Crippen molar-refractivity contribution in [3.8, 4) is 0 Å². The van der Waals surface area contributed by atoms with Crippen LogP contribution in [0.2, 0.25) is 0 Å². The van der Waals surface area contributed by atoms with E-state index in [0.29, 0.717) is 13.0 Å². The number of pyridine rings is 1. The van der Waals surface area contributed by atoms with Gasteiger partial charge in [-0.1, -0.05) is 64.9 Å². The van der Waals surface area contributed by atoms with Gasteiger partial charge in [-0.05, 0) is 18.4 Å². The number of carbonyl (C=O) groups is 1. The maximum atomic E-state index is 11.6. The third-order valence-electron chi connectivity index (χ3n) is 3.78. The standard InChI is InChI=1S/C19H31NO2/c1-17(2)11-8-6-4-3-5-7-9-13-19(21)22-16-18-12-10-14-20-15-18/h10,12,14-15,17H,3-9,11,13,16H2,1-2H3. The second-order valence-corrected chi connectivity index (χ2v) is 6.43. The Hall–Kier alpha value is -1.38. The molecule has 0 saturated heterocycles. The summed E-state index contributed by atoms with van der Waals surface area (Å²) in [4.78, 5) is 15.6. The van der Waals surface area contributed by atoms with Gasteiger partial charge in [0, 0.05) is 24.4 Å². The van der Waals surface area contributed by atoms with Crippen molar-refractivity contribution in [3.05, 3.63) is 30.1 Å². The number of carbonyl (C=O) groups excluding carboxylic acids is 1. The highest BCUT2D eigenvalue weighted by molar-refractivity contribution is 5.69.